The highest BCUT2D eigenvalue weighted by Gasteiger charge is 2.17. The van der Waals surface area contributed by atoms with E-state index in [2.05, 4.69) is 13.8 Å². The Morgan fingerprint density at radius 1 is 0.462 bits per heavy atom. The summed E-state index contributed by atoms with van der Waals surface area (Å²) in [5, 5.41) is 0. The van der Waals surface area contributed by atoms with Crippen LogP contribution < -0.4 is 28.4 Å². The molecule has 0 radical (unpaired) electrons. The second-order valence-electron chi connectivity index (χ2n) is 12.8. The van der Waals surface area contributed by atoms with Gasteiger partial charge in [0, 0.05) is 6.07 Å². The Morgan fingerprint density at radius 2 is 0.962 bits per heavy atom. The summed E-state index contributed by atoms with van der Waals surface area (Å²) in [6.45, 7) is 5.65. The molecule has 0 aliphatic rings. The predicted octanol–water partition coefficient (Wildman–Crippen LogP) is 11.3. The van der Waals surface area contributed by atoms with Gasteiger partial charge in [0.05, 0.1) is 33.0 Å². The fraction of sp³-hybridized carbons (Fsp3) is 0.409. The lowest BCUT2D eigenvalue weighted by molar-refractivity contribution is 0.0723. The van der Waals surface area contributed by atoms with Crippen molar-refractivity contribution in [1.82, 2.24) is 0 Å². The zero-order valence-corrected chi connectivity index (χ0v) is 31.2. The average molecular weight is 711 g/mol. The van der Waals surface area contributed by atoms with Gasteiger partial charge >= 0.3 is 11.9 Å². The molecule has 0 spiro atoms. The zero-order valence-electron chi connectivity index (χ0n) is 31.2. The molecule has 0 fully saturated rings. The number of hydrogen-bond donors (Lipinski definition) is 0. The minimum atomic E-state index is -0.522. The first-order valence-electron chi connectivity index (χ1n) is 18.7. The van der Waals surface area contributed by atoms with E-state index in [9.17, 15) is 9.59 Å². The molecule has 4 aromatic rings. The van der Waals surface area contributed by atoms with Crippen molar-refractivity contribution >= 4 is 11.9 Å². The van der Waals surface area contributed by atoms with Gasteiger partial charge in [-0.25, -0.2) is 9.59 Å². The van der Waals surface area contributed by atoms with E-state index in [1.165, 1.54) is 58.5 Å². The van der Waals surface area contributed by atoms with Crippen LogP contribution in [0.3, 0.4) is 0 Å². The van der Waals surface area contributed by atoms with Crippen LogP contribution in [0.25, 0.3) is 11.1 Å². The monoisotopic (exact) mass is 710 g/mol. The van der Waals surface area contributed by atoms with Crippen LogP contribution in [0, 0.1) is 0 Å². The van der Waals surface area contributed by atoms with Gasteiger partial charge in [-0.3, -0.25) is 0 Å². The molecular formula is C44H54O8. The molecule has 52 heavy (non-hydrogen) atoms. The van der Waals surface area contributed by atoms with Gasteiger partial charge < -0.3 is 28.4 Å². The average Bonchev–Trinajstić information content (AvgIpc) is 3.17. The molecule has 0 atom stereocenters. The van der Waals surface area contributed by atoms with Gasteiger partial charge in [-0.15, -0.1) is 0 Å². The van der Waals surface area contributed by atoms with Crippen LogP contribution >= 0.6 is 0 Å². The number of hydrogen-bond acceptors (Lipinski definition) is 8. The number of benzene rings is 4. The molecule has 4 aromatic carbocycles. The van der Waals surface area contributed by atoms with Gasteiger partial charge in [-0.2, -0.15) is 0 Å². The number of carbonyl (C=O) groups is 2. The van der Waals surface area contributed by atoms with E-state index in [1.807, 2.05) is 24.3 Å². The SMILES string of the molecule is CCCCCCCCOc1ccc(C(=O)Oc2ccc(-c3ccc(OC(=O)c4ccc(OCCCCCCCC)c(OC)c4)cc3)cc2)c(OC)c1. The zero-order chi connectivity index (χ0) is 37.0. The lowest BCUT2D eigenvalue weighted by atomic mass is 10.1. The Morgan fingerprint density at radius 3 is 1.52 bits per heavy atom. The minimum absolute atomic E-state index is 0.315. The van der Waals surface area contributed by atoms with Crippen molar-refractivity contribution in [2.24, 2.45) is 0 Å². The molecule has 0 saturated carbocycles. The van der Waals surface area contributed by atoms with Crippen molar-refractivity contribution in [2.45, 2.75) is 90.9 Å². The van der Waals surface area contributed by atoms with Gasteiger partial charge in [-0.05, 0) is 78.6 Å². The first-order valence-corrected chi connectivity index (χ1v) is 18.7. The highest BCUT2D eigenvalue weighted by atomic mass is 16.5. The van der Waals surface area contributed by atoms with Crippen molar-refractivity contribution in [3.8, 4) is 45.6 Å². The topological polar surface area (TPSA) is 89.5 Å². The Labute approximate surface area is 309 Å². The number of esters is 2. The maximum absolute atomic E-state index is 13.0. The fourth-order valence-corrected chi connectivity index (χ4v) is 5.74. The number of unbranched alkanes of at least 4 members (excludes halogenated alkanes) is 10. The third-order valence-electron chi connectivity index (χ3n) is 8.78. The molecule has 0 aliphatic heterocycles. The third-order valence-corrected chi connectivity index (χ3v) is 8.78. The van der Waals surface area contributed by atoms with Crippen LogP contribution in [0.1, 0.15) is 112 Å². The summed E-state index contributed by atoms with van der Waals surface area (Å²) in [5.41, 5.74) is 2.49. The quantitative estimate of drug-likeness (QED) is 0.0427. The molecule has 278 valence electrons. The summed E-state index contributed by atoms with van der Waals surface area (Å²) in [5.74, 6) is 1.95. The lowest BCUT2D eigenvalue weighted by Crippen LogP contribution is -2.10. The van der Waals surface area contributed by atoms with Crippen molar-refractivity contribution in [2.75, 3.05) is 27.4 Å². The molecule has 8 heteroatoms. The lowest BCUT2D eigenvalue weighted by Gasteiger charge is -2.12. The fourth-order valence-electron chi connectivity index (χ4n) is 5.74. The summed E-state index contributed by atoms with van der Waals surface area (Å²) in [4.78, 5) is 26.0. The second kappa shape index (κ2) is 22.1. The Balaban J connectivity index is 1.26. The summed E-state index contributed by atoms with van der Waals surface area (Å²) < 4.78 is 34.0. The van der Waals surface area contributed by atoms with Crippen LogP contribution in [0.4, 0.5) is 0 Å². The largest absolute Gasteiger partial charge is 0.496 e. The van der Waals surface area contributed by atoms with E-state index in [1.54, 1.807) is 67.8 Å². The minimum Gasteiger partial charge on any atom is -0.496 e. The number of methoxy groups -OCH3 is 2. The summed E-state index contributed by atoms with van der Waals surface area (Å²) in [6, 6.07) is 24.6. The van der Waals surface area contributed by atoms with E-state index >= 15 is 0 Å². The molecule has 0 N–H and O–H groups in total. The normalized spacial score (nSPS) is 10.8. The van der Waals surface area contributed by atoms with Crippen LogP contribution in [0.5, 0.6) is 34.5 Å². The van der Waals surface area contributed by atoms with Gasteiger partial charge in [0.2, 0.25) is 0 Å². The Hall–Kier alpha value is -4.98. The highest BCUT2D eigenvalue weighted by molar-refractivity contribution is 5.94. The van der Waals surface area contributed by atoms with Crippen molar-refractivity contribution < 1.29 is 38.0 Å². The summed E-state index contributed by atoms with van der Waals surface area (Å²) >= 11 is 0. The van der Waals surface area contributed by atoms with Crippen LogP contribution in [0.2, 0.25) is 0 Å². The maximum Gasteiger partial charge on any atom is 0.347 e. The van der Waals surface area contributed by atoms with E-state index in [0.717, 1.165) is 36.8 Å². The van der Waals surface area contributed by atoms with Crippen molar-refractivity contribution in [3.63, 3.8) is 0 Å². The summed E-state index contributed by atoms with van der Waals surface area (Å²) in [6.07, 6.45) is 14.2. The molecular weight excluding hydrogens is 656 g/mol. The first-order chi connectivity index (χ1) is 25.4. The molecule has 0 amide bonds. The smallest absolute Gasteiger partial charge is 0.347 e. The molecule has 0 unspecified atom stereocenters. The van der Waals surface area contributed by atoms with Crippen LogP contribution in [-0.2, 0) is 0 Å². The number of ether oxygens (including phenoxy) is 6. The van der Waals surface area contributed by atoms with Crippen molar-refractivity contribution in [3.05, 3.63) is 96.1 Å². The molecule has 4 rings (SSSR count). The molecule has 0 saturated heterocycles. The predicted molar refractivity (Wildman–Crippen MR) is 206 cm³/mol. The Kier molecular flexibility index (Phi) is 16.9. The van der Waals surface area contributed by atoms with Crippen LogP contribution in [0.15, 0.2) is 84.9 Å². The molecule has 0 aliphatic carbocycles. The maximum atomic E-state index is 13.0. The van der Waals surface area contributed by atoms with Gasteiger partial charge in [0.1, 0.15) is 28.6 Å². The van der Waals surface area contributed by atoms with E-state index in [-0.39, 0.29) is 0 Å². The third kappa shape index (κ3) is 12.7. The number of rotatable bonds is 23. The summed E-state index contributed by atoms with van der Waals surface area (Å²) in [7, 11) is 3.08. The van der Waals surface area contributed by atoms with Gasteiger partial charge in [0.15, 0.2) is 11.5 Å². The standard InChI is InChI=1S/C44H54O8/c1-5-7-9-11-13-15-29-49-38-26-27-39(41(32-38)47-3)44(46)52-37-24-19-34(20-25-37)33-17-22-36(23-18-33)51-43(45)35-21-28-40(42(31-35)48-4)50-30-16-14-12-10-8-6-2/h17-28,31-32H,5-16,29-30H2,1-4H3. The van der Waals surface area contributed by atoms with E-state index in [4.69, 9.17) is 28.4 Å². The first kappa shape index (κ1) is 39.8. The van der Waals surface area contributed by atoms with Gasteiger partial charge in [0.25, 0.3) is 0 Å². The molecule has 0 aromatic heterocycles. The van der Waals surface area contributed by atoms with Gasteiger partial charge in [-0.1, -0.05) is 102 Å². The highest BCUT2D eigenvalue weighted by Crippen LogP contribution is 2.31. The second-order valence-corrected chi connectivity index (χ2v) is 12.8. The molecule has 0 heterocycles. The van der Waals surface area contributed by atoms with E-state index in [0.29, 0.717) is 58.8 Å². The van der Waals surface area contributed by atoms with Crippen molar-refractivity contribution in [1.29, 1.82) is 0 Å². The van der Waals surface area contributed by atoms with E-state index < -0.39 is 11.9 Å². The molecule has 0 bridgehead atoms. The number of carbonyl (C=O) groups excluding carboxylic acids is 2. The Bertz CT molecular complexity index is 1660. The van der Waals surface area contributed by atoms with Crippen LogP contribution in [-0.4, -0.2) is 39.4 Å². The molecule has 8 nitrogen and oxygen atoms in total.